The number of aliphatic hydroxyl groups is 1. The fraction of sp³-hybridized carbons (Fsp3) is 0.700. The summed E-state index contributed by atoms with van der Waals surface area (Å²) in [6.07, 6.45) is -0.595. The van der Waals surface area contributed by atoms with Crippen molar-refractivity contribution in [1.29, 1.82) is 0 Å². The maximum Gasteiger partial charge on any atom is 0.0947 e. The molecule has 4 heteroatoms. The molecule has 0 aliphatic carbocycles. The Morgan fingerprint density at radius 3 is 2.36 bits per heavy atom. The van der Waals surface area contributed by atoms with Crippen molar-refractivity contribution < 1.29 is 5.11 Å². The first-order chi connectivity index (χ1) is 6.49. The summed E-state index contributed by atoms with van der Waals surface area (Å²) >= 11 is 0. The molecule has 0 aliphatic rings. The number of rotatable bonds is 3. The van der Waals surface area contributed by atoms with Crippen molar-refractivity contribution in [1.82, 2.24) is 9.78 Å². The fourth-order valence-corrected chi connectivity index (χ4v) is 1.78. The maximum absolute atomic E-state index is 9.71. The fourth-order valence-electron chi connectivity index (χ4n) is 1.78. The lowest BCUT2D eigenvalue weighted by atomic mass is 10.1. The smallest absolute Gasteiger partial charge is 0.0947 e. The summed E-state index contributed by atoms with van der Waals surface area (Å²) in [4.78, 5) is 0. The SMILES string of the molecule is Cc1nn(C(C)C)c(C)c1C(O)CN. The molecule has 80 valence electrons. The summed E-state index contributed by atoms with van der Waals surface area (Å²) in [5, 5.41) is 14.1. The van der Waals surface area contributed by atoms with Crippen LogP contribution in [0.2, 0.25) is 0 Å². The average molecular weight is 197 g/mol. The molecule has 1 atom stereocenters. The van der Waals surface area contributed by atoms with Crippen molar-refractivity contribution in [3.63, 3.8) is 0 Å². The van der Waals surface area contributed by atoms with Crippen LogP contribution < -0.4 is 5.73 Å². The van der Waals surface area contributed by atoms with Gasteiger partial charge in [0.05, 0.1) is 11.8 Å². The molecule has 0 aliphatic heterocycles. The molecule has 0 saturated heterocycles. The molecule has 3 N–H and O–H groups in total. The van der Waals surface area contributed by atoms with Crippen molar-refractivity contribution in [3.05, 3.63) is 17.0 Å². The molecule has 1 rings (SSSR count). The van der Waals surface area contributed by atoms with E-state index >= 15 is 0 Å². The van der Waals surface area contributed by atoms with E-state index in [0.29, 0.717) is 6.04 Å². The Hall–Kier alpha value is -0.870. The van der Waals surface area contributed by atoms with Crippen molar-refractivity contribution in [2.45, 2.75) is 39.8 Å². The van der Waals surface area contributed by atoms with Gasteiger partial charge in [-0.05, 0) is 27.7 Å². The second kappa shape index (κ2) is 4.11. The Bertz CT molecular complexity index is 317. The van der Waals surface area contributed by atoms with Gasteiger partial charge < -0.3 is 10.8 Å². The van der Waals surface area contributed by atoms with Gasteiger partial charge in [-0.1, -0.05) is 0 Å². The van der Waals surface area contributed by atoms with Gasteiger partial charge in [0.1, 0.15) is 0 Å². The van der Waals surface area contributed by atoms with Crippen LogP contribution in [0.4, 0.5) is 0 Å². The van der Waals surface area contributed by atoms with Crippen LogP contribution in [0.1, 0.15) is 42.9 Å². The van der Waals surface area contributed by atoms with Gasteiger partial charge in [0.25, 0.3) is 0 Å². The van der Waals surface area contributed by atoms with Crippen LogP contribution in [-0.4, -0.2) is 21.4 Å². The van der Waals surface area contributed by atoms with Gasteiger partial charge in [-0.3, -0.25) is 4.68 Å². The molecule has 0 amide bonds. The number of aliphatic hydroxyl groups excluding tert-OH is 1. The van der Waals surface area contributed by atoms with Gasteiger partial charge in [-0.25, -0.2) is 0 Å². The second-order valence-electron chi connectivity index (χ2n) is 3.87. The molecule has 0 fully saturated rings. The third kappa shape index (κ3) is 1.81. The average Bonchev–Trinajstić information content (AvgIpc) is 2.41. The highest BCUT2D eigenvalue weighted by Crippen LogP contribution is 2.22. The van der Waals surface area contributed by atoms with E-state index < -0.39 is 6.10 Å². The monoisotopic (exact) mass is 197 g/mol. The molecule has 0 aromatic carbocycles. The van der Waals surface area contributed by atoms with Crippen LogP contribution in [0, 0.1) is 13.8 Å². The van der Waals surface area contributed by atoms with Gasteiger partial charge in [-0.2, -0.15) is 5.10 Å². The Kier molecular flexibility index (Phi) is 3.29. The zero-order valence-corrected chi connectivity index (χ0v) is 9.28. The van der Waals surface area contributed by atoms with Gasteiger partial charge in [0.15, 0.2) is 0 Å². The highest BCUT2D eigenvalue weighted by molar-refractivity contribution is 5.27. The second-order valence-corrected chi connectivity index (χ2v) is 3.87. The van der Waals surface area contributed by atoms with Crippen molar-refractivity contribution in [2.75, 3.05) is 6.54 Å². The minimum absolute atomic E-state index is 0.242. The molecule has 0 bridgehead atoms. The largest absolute Gasteiger partial charge is 0.387 e. The number of aryl methyl sites for hydroxylation is 1. The lowest BCUT2D eigenvalue weighted by Gasteiger charge is -2.11. The third-order valence-electron chi connectivity index (χ3n) is 2.43. The summed E-state index contributed by atoms with van der Waals surface area (Å²) in [5.41, 5.74) is 8.20. The zero-order valence-electron chi connectivity index (χ0n) is 9.28. The molecule has 1 heterocycles. The Balaban J connectivity index is 3.17. The van der Waals surface area contributed by atoms with E-state index in [-0.39, 0.29) is 6.54 Å². The number of aromatic nitrogens is 2. The molecule has 0 saturated carbocycles. The van der Waals surface area contributed by atoms with E-state index in [4.69, 9.17) is 5.73 Å². The summed E-state index contributed by atoms with van der Waals surface area (Å²) < 4.78 is 1.92. The van der Waals surface area contributed by atoms with Crippen LogP contribution in [0.15, 0.2) is 0 Å². The molecule has 1 aromatic heterocycles. The van der Waals surface area contributed by atoms with Gasteiger partial charge in [-0.15, -0.1) is 0 Å². The quantitative estimate of drug-likeness (QED) is 0.762. The molecule has 0 radical (unpaired) electrons. The summed E-state index contributed by atoms with van der Waals surface area (Å²) in [5.74, 6) is 0. The van der Waals surface area contributed by atoms with Crippen molar-refractivity contribution in [3.8, 4) is 0 Å². The summed E-state index contributed by atoms with van der Waals surface area (Å²) in [6.45, 7) is 8.25. The Labute approximate surface area is 84.7 Å². The molecular weight excluding hydrogens is 178 g/mol. The van der Waals surface area contributed by atoms with Crippen LogP contribution in [-0.2, 0) is 0 Å². The number of nitrogens with two attached hydrogens (primary N) is 1. The van der Waals surface area contributed by atoms with Crippen molar-refractivity contribution >= 4 is 0 Å². The Morgan fingerprint density at radius 1 is 1.43 bits per heavy atom. The molecule has 14 heavy (non-hydrogen) atoms. The van der Waals surface area contributed by atoms with Gasteiger partial charge in [0.2, 0.25) is 0 Å². The summed E-state index contributed by atoms with van der Waals surface area (Å²) in [6, 6.07) is 0.312. The minimum Gasteiger partial charge on any atom is -0.387 e. The van der Waals surface area contributed by atoms with Crippen LogP contribution in [0.3, 0.4) is 0 Å². The highest BCUT2D eigenvalue weighted by Gasteiger charge is 2.18. The lowest BCUT2D eigenvalue weighted by molar-refractivity contribution is 0.185. The van der Waals surface area contributed by atoms with E-state index in [1.165, 1.54) is 0 Å². The van der Waals surface area contributed by atoms with E-state index in [0.717, 1.165) is 17.0 Å². The predicted octanol–water partition coefficient (Wildman–Crippen LogP) is 1.07. The van der Waals surface area contributed by atoms with Crippen molar-refractivity contribution in [2.24, 2.45) is 5.73 Å². The highest BCUT2D eigenvalue weighted by atomic mass is 16.3. The number of hydrogen-bond acceptors (Lipinski definition) is 3. The topological polar surface area (TPSA) is 64.1 Å². The van der Waals surface area contributed by atoms with E-state index in [1.807, 2.05) is 18.5 Å². The van der Waals surface area contributed by atoms with Gasteiger partial charge in [0, 0.05) is 23.8 Å². The van der Waals surface area contributed by atoms with Gasteiger partial charge >= 0.3 is 0 Å². The zero-order chi connectivity index (χ0) is 10.9. The standard InChI is InChI=1S/C10H19N3O/c1-6(2)13-8(4)10(7(3)12-13)9(14)5-11/h6,9,14H,5,11H2,1-4H3. The Morgan fingerprint density at radius 2 is 2.00 bits per heavy atom. The third-order valence-corrected chi connectivity index (χ3v) is 2.43. The van der Waals surface area contributed by atoms with Crippen LogP contribution >= 0.6 is 0 Å². The summed E-state index contributed by atoms with van der Waals surface area (Å²) in [7, 11) is 0. The number of hydrogen-bond donors (Lipinski definition) is 2. The minimum atomic E-state index is -0.595. The molecule has 0 spiro atoms. The van der Waals surface area contributed by atoms with E-state index in [2.05, 4.69) is 18.9 Å². The van der Waals surface area contributed by atoms with Crippen LogP contribution in [0.5, 0.6) is 0 Å². The normalized spacial score (nSPS) is 13.6. The first-order valence-electron chi connectivity index (χ1n) is 4.92. The first kappa shape index (κ1) is 11.2. The first-order valence-corrected chi connectivity index (χ1v) is 4.92. The number of nitrogens with zero attached hydrogens (tertiary/aromatic N) is 2. The molecule has 1 aromatic rings. The van der Waals surface area contributed by atoms with Crippen LogP contribution in [0.25, 0.3) is 0 Å². The molecular formula is C10H19N3O. The van der Waals surface area contributed by atoms with E-state index in [9.17, 15) is 5.11 Å². The lowest BCUT2D eigenvalue weighted by Crippen LogP contribution is -2.13. The maximum atomic E-state index is 9.71. The molecule has 1 unspecified atom stereocenters. The molecule has 4 nitrogen and oxygen atoms in total. The van der Waals surface area contributed by atoms with E-state index in [1.54, 1.807) is 0 Å². The predicted molar refractivity (Wildman–Crippen MR) is 56.1 cm³/mol.